The van der Waals surface area contributed by atoms with Crippen LogP contribution in [0.4, 0.5) is 0 Å². The molecular weight excluding hydrogens is 252 g/mol. The molecule has 15 heavy (non-hydrogen) atoms. The zero-order valence-corrected chi connectivity index (χ0v) is 9.61. The summed E-state index contributed by atoms with van der Waals surface area (Å²) in [6.45, 7) is 0. The van der Waals surface area contributed by atoms with Crippen molar-refractivity contribution in [2.75, 3.05) is 0 Å². The second-order valence-electron chi connectivity index (χ2n) is 3.18. The highest BCUT2D eigenvalue weighted by atomic mass is 79.9. The molecule has 74 valence electrons. The van der Waals surface area contributed by atoms with Gasteiger partial charge in [-0.3, -0.25) is 0 Å². The molecule has 0 atom stereocenters. The maximum Gasteiger partial charge on any atom is 0.124 e. The molecule has 0 saturated heterocycles. The van der Waals surface area contributed by atoms with Gasteiger partial charge in [0.1, 0.15) is 11.8 Å². The average Bonchev–Trinajstić information content (AvgIpc) is 2.77. The molecule has 0 aliphatic heterocycles. The first-order valence-electron chi connectivity index (χ1n) is 4.58. The van der Waals surface area contributed by atoms with Crippen molar-refractivity contribution in [3.05, 3.63) is 53.9 Å². The van der Waals surface area contributed by atoms with Crippen molar-refractivity contribution in [3.8, 4) is 11.8 Å². The van der Waals surface area contributed by atoms with Crippen LogP contribution in [-0.4, -0.2) is 4.57 Å². The van der Waals surface area contributed by atoms with E-state index in [1.54, 1.807) is 6.07 Å². The Morgan fingerprint density at radius 1 is 1.27 bits per heavy atom. The minimum atomic E-state index is 0.654. The van der Waals surface area contributed by atoms with Gasteiger partial charge in [0.2, 0.25) is 0 Å². The van der Waals surface area contributed by atoms with Crippen LogP contribution in [-0.2, 0) is 5.33 Å². The quantitative estimate of drug-likeness (QED) is 0.763. The van der Waals surface area contributed by atoms with E-state index < -0.39 is 0 Å². The SMILES string of the molecule is N#Cc1cccn1-c1cccc(CBr)c1. The summed E-state index contributed by atoms with van der Waals surface area (Å²) in [5.41, 5.74) is 2.88. The maximum atomic E-state index is 8.92. The lowest BCUT2D eigenvalue weighted by molar-refractivity contribution is 1.05. The third-order valence-electron chi connectivity index (χ3n) is 2.21. The van der Waals surface area contributed by atoms with Crippen LogP contribution in [0, 0.1) is 11.3 Å². The van der Waals surface area contributed by atoms with Crippen molar-refractivity contribution < 1.29 is 0 Å². The molecule has 2 aromatic rings. The van der Waals surface area contributed by atoms with Crippen molar-refractivity contribution >= 4 is 15.9 Å². The van der Waals surface area contributed by atoms with E-state index in [0.29, 0.717) is 5.69 Å². The maximum absolute atomic E-state index is 8.92. The molecular formula is C12H9BrN2. The fourth-order valence-electron chi connectivity index (χ4n) is 1.49. The Balaban J connectivity index is 2.50. The van der Waals surface area contributed by atoms with Crippen molar-refractivity contribution in [1.82, 2.24) is 4.57 Å². The molecule has 1 heterocycles. The Morgan fingerprint density at radius 3 is 2.87 bits per heavy atom. The molecule has 0 radical (unpaired) electrons. The largest absolute Gasteiger partial charge is 0.308 e. The molecule has 0 amide bonds. The number of nitrogens with zero attached hydrogens (tertiary/aromatic N) is 2. The Labute approximate surface area is 96.9 Å². The van der Waals surface area contributed by atoms with Crippen molar-refractivity contribution in [1.29, 1.82) is 5.26 Å². The third kappa shape index (κ3) is 1.95. The summed E-state index contributed by atoms with van der Waals surface area (Å²) in [4.78, 5) is 0. The fourth-order valence-corrected chi connectivity index (χ4v) is 1.84. The second kappa shape index (κ2) is 4.33. The summed E-state index contributed by atoms with van der Waals surface area (Å²) in [6.07, 6.45) is 1.89. The Morgan fingerprint density at radius 2 is 2.13 bits per heavy atom. The van der Waals surface area contributed by atoms with E-state index in [4.69, 9.17) is 5.26 Å². The van der Waals surface area contributed by atoms with E-state index in [2.05, 4.69) is 28.1 Å². The van der Waals surface area contributed by atoms with Gasteiger partial charge in [0.25, 0.3) is 0 Å². The predicted octanol–water partition coefficient (Wildman–Crippen LogP) is 3.24. The molecule has 0 unspecified atom stereocenters. The minimum Gasteiger partial charge on any atom is -0.308 e. The molecule has 0 bridgehead atoms. The smallest absolute Gasteiger partial charge is 0.124 e. The molecule has 0 spiro atoms. The average molecular weight is 261 g/mol. The van der Waals surface area contributed by atoms with Gasteiger partial charge in [-0.15, -0.1) is 0 Å². The number of aromatic nitrogens is 1. The monoisotopic (exact) mass is 260 g/mol. The number of nitriles is 1. The lowest BCUT2D eigenvalue weighted by Crippen LogP contribution is -1.95. The highest BCUT2D eigenvalue weighted by Crippen LogP contribution is 2.15. The molecule has 0 N–H and O–H groups in total. The zero-order chi connectivity index (χ0) is 10.7. The van der Waals surface area contributed by atoms with Gasteiger partial charge in [0, 0.05) is 17.2 Å². The predicted molar refractivity (Wildman–Crippen MR) is 63.1 cm³/mol. The Kier molecular flexibility index (Phi) is 2.89. The van der Waals surface area contributed by atoms with Gasteiger partial charge < -0.3 is 4.57 Å². The highest BCUT2D eigenvalue weighted by molar-refractivity contribution is 9.08. The van der Waals surface area contributed by atoms with Crippen LogP contribution in [0.1, 0.15) is 11.3 Å². The number of rotatable bonds is 2. The molecule has 0 saturated carbocycles. The van der Waals surface area contributed by atoms with Crippen molar-refractivity contribution in [3.63, 3.8) is 0 Å². The van der Waals surface area contributed by atoms with E-state index in [-0.39, 0.29) is 0 Å². The van der Waals surface area contributed by atoms with Crippen LogP contribution in [0.2, 0.25) is 0 Å². The lowest BCUT2D eigenvalue weighted by atomic mass is 10.2. The van der Waals surface area contributed by atoms with E-state index in [1.807, 2.05) is 35.0 Å². The molecule has 2 nitrogen and oxygen atoms in total. The first kappa shape index (κ1) is 10.0. The van der Waals surface area contributed by atoms with Crippen LogP contribution in [0.5, 0.6) is 0 Å². The topological polar surface area (TPSA) is 28.7 Å². The Bertz CT molecular complexity index is 508. The van der Waals surface area contributed by atoms with Crippen molar-refractivity contribution in [2.45, 2.75) is 5.33 Å². The zero-order valence-electron chi connectivity index (χ0n) is 8.02. The van der Waals surface area contributed by atoms with E-state index in [9.17, 15) is 0 Å². The first-order chi connectivity index (χ1) is 7.35. The summed E-state index contributed by atoms with van der Waals surface area (Å²) < 4.78 is 1.88. The molecule has 0 aliphatic rings. The van der Waals surface area contributed by atoms with Gasteiger partial charge in [-0.05, 0) is 29.8 Å². The first-order valence-corrected chi connectivity index (χ1v) is 5.70. The number of alkyl halides is 1. The second-order valence-corrected chi connectivity index (χ2v) is 3.74. The molecule has 2 rings (SSSR count). The van der Waals surface area contributed by atoms with Gasteiger partial charge in [-0.25, -0.2) is 0 Å². The van der Waals surface area contributed by atoms with Crippen LogP contribution in [0.15, 0.2) is 42.6 Å². The van der Waals surface area contributed by atoms with Crippen LogP contribution in [0.25, 0.3) is 5.69 Å². The molecule has 1 aromatic carbocycles. The van der Waals surface area contributed by atoms with Crippen LogP contribution in [0.3, 0.4) is 0 Å². The summed E-state index contributed by atoms with van der Waals surface area (Å²) in [6, 6.07) is 13.9. The molecule has 0 aliphatic carbocycles. The summed E-state index contributed by atoms with van der Waals surface area (Å²) in [7, 11) is 0. The molecule has 0 fully saturated rings. The minimum absolute atomic E-state index is 0.654. The van der Waals surface area contributed by atoms with Gasteiger partial charge in [0.15, 0.2) is 0 Å². The fraction of sp³-hybridized carbons (Fsp3) is 0.0833. The van der Waals surface area contributed by atoms with Crippen LogP contribution >= 0.6 is 15.9 Å². The number of hydrogen-bond donors (Lipinski definition) is 0. The van der Waals surface area contributed by atoms with E-state index in [1.165, 1.54) is 5.56 Å². The lowest BCUT2D eigenvalue weighted by Gasteiger charge is -2.05. The molecule has 1 aromatic heterocycles. The van der Waals surface area contributed by atoms with Gasteiger partial charge in [-0.2, -0.15) is 5.26 Å². The summed E-state index contributed by atoms with van der Waals surface area (Å²) in [5, 5.41) is 9.74. The van der Waals surface area contributed by atoms with Gasteiger partial charge in [-0.1, -0.05) is 28.1 Å². The summed E-state index contributed by atoms with van der Waals surface area (Å²) >= 11 is 3.42. The van der Waals surface area contributed by atoms with Crippen molar-refractivity contribution in [2.24, 2.45) is 0 Å². The van der Waals surface area contributed by atoms with E-state index >= 15 is 0 Å². The van der Waals surface area contributed by atoms with E-state index in [0.717, 1.165) is 11.0 Å². The summed E-state index contributed by atoms with van der Waals surface area (Å²) in [5.74, 6) is 0. The number of hydrogen-bond acceptors (Lipinski definition) is 1. The molecule has 3 heteroatoms. The van der Waals surface area contributed by atoms with Gasteiger partial charge >= 0.3 is 0 Å². The van der Waals surface area contributed by atoms with Gasteiger partial charge in [0.05, 0.1) is 0 Å². The normalized spacial score (nSPS) is 9.87. The number of halogens is 1. The Hall–Kier alpha value is -1.53. The number of benzene rings is 1. The van der Waals surface area contributed by atoms with Crippen LogP contribution < -0.4 is 0 Å². The highest BCUT2D eigenvalue weighted by Gasteiger charge is 2.02. The standard InChI is InChI=1S/C12H9BrN2/c13-8-10-3-1-4-11(7-10)15-6-2-5-12(15)9-14/h1-7H,8H2. The third-order valence-corrected chi connectivity index (χ3v) is 2.85.